The molecule has 1 aromatic carbocycles. The van der Waals surface area contributed by atoms with Crippen molar-refractivity contribution in [1.29, 1.82) is 0 Å². The number of benzene rings is 1. The van der Waals surface area contributed by atoms with Crippen LogP contribution in [0.3, 0.4) is 0 Å². The highest BCUT2D eigenvalue weighted by Crippen LogP contribution is 2.28. The molecule has 0 aliphatic rings. The van der Waals surface area contributed by atoms with Crippen LogP contribution in [-0.2, 0) is 0 Å². The van der Waals surface area contributed by atoms with Crippen molar-refractivity contribution in [3.05, 3.63) is 48.2 Å². The lowest BCUT2D eigenvalue weighted by molar-refractivity contribution is 0.603. The third-order valence-electron chi connectivity index (χ3n) is 2.30. The SMILES string of the molecule is C=Cc1oc2ccc(C)cc2c1C=C.CC.CC. The predicted molar refractivity (Wildman–Crippen MR) is 83.8 cm³/mol. The fourth-order valence-electron chi connectivity index (χ4n) is 1.61. The second kappa shape index (κ2) is 8.35. The highest BCUT2D eigenvalue weighted by atomic mass is 16.3. The normalized spacial score (nSPS) is 8.72. The van der Waals surface area contributed by atoms with E-state index in [9.17, 15) is 0 Å². The van der Waals surface area contributed by atoms with Crippen LogP contribution in [-0.4, -0.2) is 0 Å². The largest absolute Gasteiger partial charge is 0.456 e. The van der Waals surface area contributed by atoms with E-state index >= 15 is 0 Å². The zero-order chi connectivity index (χ0) is 14.1. The van der Waals surface area contributed by atoms with E-state index in [0.29, 0.717) is 0 Å². The first kappa shape index (κ1) is 16.2. The Kier molecular flexibility index (Phi) is 7.53. The molecule has 0 saturated heterocycles. The van der Waals surface area contributed by atoms with Crippen LogP contribution in [0.15, 0.2) is 35.8 Å². The minimum atomic E-state index is 0.792. The Bertz CT molecular complexity index is 504. The molecule has 0 aliphatic carbocycles. The van der Waals surface area contributed by atoms with Gasteiger partial charge >= 0.3 is 0 Å². The van der Waals surface area contributed by atoms with E-state index in [-0.39, 0.29) is 0 Å². The average Bonchev–Trinajstić information content (AvgIpc) is 2.80. The molecule has 2 aromatic rings. The molecule has 0 bridgehead atoms. The van der Waals surface area contributed by atoms with Crippen LogP contribution in [0, 0.1) is 6.92 Å². The topological polar surface area (TPSA) is 13.1 Å². The average molecular weight is 244 g/mol. The van der Waals surface area contributed by atoms with Gasteiger partial charge in [-0.3, -0.25) is 0 Å². The molecule has 0 spiro atoms. The van der Waals surface area contributed by atoms with E-state index in [4.69, 9.17) is 4.42 Å². The summed E-state index contributed by atoms with van der Waals surface area (Å²) < 4.78 is 5.60. The third-order valence-corrected chi connectivity index (χ3v) is 2.30. The molecule has 1 heteroatoms. The zero-order valence-corrected chi connectivity index (χ0v) is 12.2. The van der Waals surface area contributed by atoms with Crippen molar-refractivity contribution in [1.82, 2.24) is 0 Å². The number of furan rings is 1. The molecule has 1 aromatic heterocycles. The Hall–Kier alpha value is -1.76. The summed E-state index contributed by atoms with van der Waals surface area (Å²) in [6, 6.07) is 6.11. The van der Waals surface area contributed by atoms with E-state index in [0.717, 1.165) is 22.3 Å². The van der Waals surface area contributed by atoms with E-state index < -0.39 is 0 Å². The van der Waals surface area contributed by atoms with Crippen molar-refractivity contribution in [3.63, 3.8) is 0 Å². The summed E-state index contributed by atoms with van der Waals surface area (Å²) in [5.74, 6) is 0.792. The molecule has 98 valence electrons. The minimum absolute atomic E-state index is 0.792. The molecule has 1 nitrogen and oxygen atoms in total. The van der Waals surface area contributed by atoms with Crippen LogP contribution >= 0.6 is 0 Å². The van der Waals surface area contributed by atoms with E-state index in [2.05, 4.69) is 26.1 Å². The number of aryl methyl sites for hydroxylation is 1. The van der Waals surface area contributed by atoms with Crippen molar-refractivity contribution < 1.29 is 4.42 Å². The lowest BCUT2D eigenvalue weighted by Crippen LogP contribution is -1.73. The van der Waals surface area contributed by atoms with Crippen LogP contribution in [0.25, 0.3) is 23.1 Å². The van der Waals surface area contributed by atoms with Crippen molar-refractivity contribution >= 4 is 23.1 Å². The van der Waals surface area contributed by atoms with Gasteiger partial charge in [-0.05, 0) is 25.1 Å². The molecule has 1 heterocycles. The summed E-state index contributed by atoms with van der Waals surface area (Å²) in [6.45, 7) is 17.6. The van der Waals surface area contributed by atoms with Gasteiger partial charge in [-0.1, -0.05) is 58.6 Å². The first-order valence-electron chi connectivity index (χ1n) is 6.54. The highest BCUT2D eigenvalue weighted by molar-refractivity contribution is 5.91. The Morgan fingerprint density at radius 2 is 1.61 bits per heavy atom. The quantitative estimate of drug-likeness (QED) is 0.624. The fraction of sp³-hybridized carbons (Fsp3) is 0.294. The van der Waals surface area contributed by atoms with Gasteiger partial charge in [0.1, 0.15) is 11.3 Å². The molecular weight excluding hydrogens is 220 g/mol. The summed E-state index contributed by atoms with van der Waals surface area (Å²) in [4.78, 5) is 0. The molecule has 2 rings (SSSR count). The molecular formula is C17H24O. The van der Waals surface area contributed by atoms with Crippen LogP contribution in [0.1, 0.15) is 44.6 Å². The van der Waals surface area contributed by atoms with Crippen molar-refractivity contribution in [2.45, 2.75) is 34.6 Å². The van der Waals surface area contributed by atoms with Gasteiger partial charge in [0.2, 0.25) is 0 Å². The summed E-state index contributed by atoms with van der Waals surface area (Å²) in [6.07, 6.45) is 3.52. The van der Waals surface area contributed by atoms with Crippen LogP contribution < -0.4 is 0 Å². The second-order valence-corrected chi connectivity index (χ2v) is 3.29. The molecule has 0 unspecified atom stereocenters. The van der Waals surface area contributed by atoms with Crippen molar-refractivity contribution in [3.8, 4) is 0 Å². The molecule has 18 heavy (non-hydrogen) atoms. The summed E-state index contributed by atoms with van der Waals surface area (Å²) >= 11 is 0. The maximum Gasteiger partial charge on any atom is 0.135 e. The van der Waals surface area contributed by atoms with E-state index in [1.807, 2.05) is 45.9 Å². The Morgan fingerprint density at radius 1 is 1.00 bits per heavy atom. The second-order valence-electron chi connectivity index (χ2n) is 3.29. The number of hydrogen-bond acceptors (Lipinski definition) is 1. The van der Waals surface area contributed by atoms with Gasteiger partial charge in [-0.15, -0.1) is 0 Å². The first-order valence-corrected chi connectivity index (χ1v) is 6.54. The highest BCUT2D eigenvalue weighted by Gasteiger charge is 2.08. The molecule has 0 fully saturated rings. The zero-order valence-electron chi connectivity index (χ0n) is 12.2. The van der Waals surface area contributed by atoms with Crippen molar-refractivity contribution in [2.75, 3.05) is 0 Å². The minimum Gasteiger partial charge on any atom is -0.456 e. The number of fused-ring (bicyclic) bond motifs is 1. The molecule has 0 N–H and O–H groups in total. The Balaban J connectivity index is 0.000000659. The lowest BCUT2D eigenvalue weighted by Gasteiger charge is -1.92. The predicted octanol–water partition coefficient (Wildman–Crippen LogP) is 6.08. The molecule has 0 saturated carbocycles. The first-order chi connectivity index (χ1) is 8.76. The van der Waals surface area contributed by atoms with Gasteiger partial charge in [0.25, 0.3) is 0 Å². The Labute approximate surface area is 111 Å². The number of rotatable bonds is 2. The van der Waals surface area contributed by atoms with Crippen molar-refractivity contribution in [2.24, 2.45) is 0 Å². The van der Waals surface area contributed by atoms with Crippen LogP contribution in [0.2, 0.25) is 0 Å². The van der Waals surface area contributed by atoms with Gasteiger partial charge in [-0.2, -0.15) is 0 Å². The maximum absolute atomic E-state index is 5.60. The van der Waals surface area contributed by atoms with Gasteiger partial charge in [0.15, 0.2) is 0 Å². The van der Waals surface area contributed by atoms with Crippen LogP contribution in [0.4, 0.5) is 0 Å². The van der Waals surface area contributed by atoms with E-state index in [1.54, 1.807) is 6.08 Å². The molecule has 0 radical (unpaired) electrons. The molecule has 0 atom stereocenters. The fourth-order valence-corrected chi connectivity index (χ4v) is 1.61. The van der Waals surface area contributed by atoms with Gasteiger partial charge in [0.05, 0.1) is 0 Å². The smallest absolute Gasteiger partial charge is 0.135 e. The van der Waals surface area contributed by atoms with Gasteiger partial charge in [-0.25, -0.2) is 0 Å². The van der Waals surface area contributed by atoms with Gasteiger partial charge < -0.3 is 4.42 Å². The monoisotopic (exact) mass is 244 g/mol. The third kappa shape index (κ3) is 3.36. The Morgan fingerprint density at radius 3 is 2.11 bits per heavy atom. The summed E-state index contributed by atoms with van der Waals surface area (Å²) in [5, 5.41) is 1.11. The molecule has 0 aliphatic heterocycles. The lowest BCUT2D eigenvalue weighted by atomic mass is 10.1. The van der Waals surface area contributed by atoms with Gasteiger partial charge in [0, 0.05) is 10.9 Å². The number of hydrogen-bond donors (Lipinski definition) is 0. The standard InChI is InChI=1S/C13H12O.2C2H6/c1-4-10-11-8-9(3)6-7-13(11)14-12(10)5-2;2*1-2/h4-8H,1-2H2,3H3;2*1-2H3. The van der Waals surface area contributed by atoms with Crippen LogP contribution in [0.5, 0.6) is 0 Å². The maximum atomic E-state index is 5.60. The van der Waals surface area contributed by atoms with E-state index in [1.165, 1.54) is 5.56 Å². The summed E-state index contributed by atoms with van der Waals surface area (Å²) in [5.41, 5.74) is 3.14. The molecule has 0 amide bonds. The summed E-state index contributed by atoms with van der Waals surface area (Å²) in [7, 11) is 0.